The van der Waals surface area contributed by atoms with Crippen LogP contribution in [0.5, 0.6) is 0 Å². The summed E-state index contributed by atoms with van der Waals surface area (Å²) in [6.07, 6.45) is 0.245. The van der Waals surface area contributed by atoms with E-state index < -0.39 is 18.0 Å². The second-order valence-electron chi connectivity index (χ2n) is 7.90. The molecule has 2 unspecified atom stereocenters. The number of aryl methyl sites for hydroxylation is 1. The molecule has 2 aliphatic rings. The van der Waals surface area contributed by atoms with Crippen molar-refractivity contribution in [3.8, 4) is 0 Å². The molecule has 0 aliphatic carbocycles. The summed E-state index contributed by atoms with van der Waals surface area (Å²) in [4.78, 5) is 25.6. The van der Waals surface area contributed by atoms with Gasteiger partial charge in [-0.25, -0.2) is 8.78 Å². The van der Waals surface area contributed by atoms with Gasteiger partial charge in [0.15, 0.2) is 0 Å². The number of halogens is 2. The van der Waals surface area contributed by atoms with Crippen LogP contribution in [0.2, 0.25) is 0 Å². The van der Waals surface area contributed by atoms with Gasteiger partial charge in [0, 0.05) is 30.6 Å². The highest BCUT2D eigenvalue weighted by atomic mass is 19.1. The summed E-state index contributed by atoms with van der Waals surface area (Å²) in [5.74, 6) is -0.990. The molecule has 0 saturated carbocycles. The van der Waals surface area contributed by atoms with Crippen molar-refractivity contribution in [2.45, 2.75) is 51.4 Å². The van der Waals surface area contributed by atoms with Crippen LogP contribution in [-0.2, 0) is 29.0 Å². The molecule has 1 saturated heterocycles. The van der Waals surface area contributed by atoms with Gasteiger partial charge >= 0.3 is 0 Å². The quantitative estimate of drug-likeness (QED) is 0.751. The van der Waals surface area contributed by atoms with Crippen LogP contribution in [0.15, 0.2) is 43.0 Å². The summed E-state index contributed by atoms with van der Waals surface area (Å²) in [6, 6.07) is 9.54. The van der Waals surface area contributed by atoms with Crippen molar-refractivity contribution in [2.75, 3.05) is 0 Å². The van der Waals surface area contributed by atoms with Gasteiger partial charge in [0.2, 0.25) is 11.8 Å². The zero-order chi connectivity index (χ0) is 21.4. The Morgan fingerprint density at radius 2 is 2.03 bits per heavy atom. The highest BCUT2D eigenvalue weighted by Crippen LogP contribution is 2.36. The molecule has 0 spiro atoms. The predicted molar refractivity (Wildman–Crippen MR) is 111 cm³/mol. The molecule has 0 bridgehead atoms. The third kappa shape index (κ3) is 3.74. The highest BCUT2D eigenvalue weighted by molar-refractivity contribution is 6.01. The van der Waals surface area contributed by atoms with Crippen LogP contribution in [0.25, 0.3) is 5.70 Å². The SMILES string of the molecule is C=C1c2ccc(CC(F)c3cc(F)ccc3CC)cc2CN1C1CCC(=O)NC1=O. The summed E-state index contributed by atoms with van der Waals surface area (Å²) in [6.45, 7) is 6.54. The Bertz CT molecular complexity index is 1030. The van der Waals surface area contributed by atoms with E-state index >= 15 is 4.39 Å². The topological polar surface area (TPSA) is 49.4 Å². The van der Waals surface area contributed by atoms with Crippen molar-refractivity contribution < 1.29 is 18.4 Å². The van der Waals surface area contributed by atoms with Crippen molar-refractivity contribution >= 4 is 17.5 Å². The third-order valence-corrected chi connectivity index (χ3v) is 6.00. The van der Waals surface area contributed by atoms with E-state index in [1.165, 1.54) is 12.1 Å². The lowest BCUT2D eigenvalue weighted by molar-refractivity contribution is -0.136. The first kappa shape index (κ1) is 20.3. The van der Waals surface area contributed by atoms with Crippen molar-refractivity contribution in [2.24, 2.45) is 0 Å². The van der Waals surface area contributed by atoms with Gasteiger partial charge < -0.3 is 4.90 Å². The first-order valence-electron chi connectivity index (χ1n) is 10.2. The number of nitrogens with zero attached hydrogens (tertiary/aromatic N) is 1. The van der Waals surface area contributed by atoms with Gasteiger partial charge in [0.25, 0.3) is 0 Å². The van der Waals surface area contributed by atoms with E-state index in [0.717, 1.165) is 28.0 Å². The normalized spacial score (nSPS) is 19.6. The molecule has 2 aromatic carbocycles. The van der Waals surface area contributed by atoms with Crippen LogP contribution >= 0.6 is 0 Å². The Morgan fingerprint density at radius 3 is 2.77 bits per heavy atom. The van der Waals surface area contributed by atoms with Crippen molar-refractivity contribution in [3.05, 3.63) is 76.6 Å². The molecule has 2 atom stereocenters. The van der Waals surface area contributed by atoms with E-state index in [-0.39, 0.29) is 18.2 Å². The Labute approximate surface area is 174 Å². The fourth-order valence-electron chi connectivity index (χ4n) is 4.39. The molecule has 30 heavy (non-hydrogen) atoms. The number of carbonyl (C=O) groups excluding carboxylic acids is 2. The molecule has 2 heterocycles. The van der Waals surface area contributed by atoms with Crippen molar-refractivity contribution in [1.82, 2.24) is 10.2 Å². The van der Waals surface area contributed by atoms with E-state index in [0.29, 0.717) is 31.4 Å². The summed E-state index contributed by atoms with van der Waals surface area (Å²) in [7, 11) is 0. The van der Waals surface area contributed by atoms with Crippen molar-refractivity contribution in [3.63, 3.8) is 0 Å². The van der Waals surface area contributed by atoms with E-state index in [1.807, 2.05) is 30.0 Å². The number of fused-ring (bicyclic) bond motifs is 1. The lowest BCUT2D eigenvalue weighted by atomic mass is 9.95. The lowest BCUT2D eigenvalue weighted by Crippen LogP contribution is -2.50. The number of alkyl halides is 1. The summed E-state index contributed by atoms with van der Waals surface area (Å²) in [5, 5.41) is 2.38. The first-order valence-corrected chi connectivity index (χ1v) is 10.2. The number of carbonyl (C=O) groups is 2. The maximum absolute atomic E-state index is 15.1. The molecule has 6 heteroatoms. The lowest BCUT2D eigenvalue weighted by Gasteiger charge is -2.31. The highest BCUT2D eigenvalue weighted by Gasteiger charge is 2.36. The number of hydrogen-bond acceptors (Lipinski definition) is 3. The minimum atomic E-state index is -1.30. The predicted octanol–water partition coefficient (Wildman–Crippen LogP) is 4.23. The molecule has 156 valence electrons. The molecule has 1 N–H and O–H groups in total. The Kier molecular flexibility index (Phi) is 5.41. The molecule has 1 fully saturated rings. The number of amides is 2. The van der Waals surface area contributed by atoms with E-state index in [1.54, 1.807) is 6.07 Å². The molecule has 2 aromatic rings. The maximum Gasteiger partial charge on any atom is 0.249 e. The standard InChI is InChI=1S/C24H24F2N2O2/c1-3-16-5-6-18(25)12-20(16)21(26)11-15-4-7-19-14(2)28(13-17(19)10-15)22-8-9-23(29)27-24(22)30/h4-7,10,12,21-22H,2-3,8-9,11,13H2,1H3,(H,27,29,30). The largest absolute Gasteiger partial charge is 0.355 e. The number of hydrogen-bond donors (Lipinski definition) is 1. The van der Waals surface area contributed by atoms with Gasteiger partial charge in [-0.1, -0.05) is 37.8 Å². The summed E-state index contributed by atoms with van der Waals surface area (Å²) in [5.41, 5.74) is 4.66. The smallest absolute Gasteiger partial charge is 0.249 e. The van der Waals surface area contributed by atoms with Gasteiger partial charge in [-0.3, -0.25) is 14.9 Å². The van der Waals surface area contributed by atoms with Crippen LogP contribution in [0, 0.1) is 5.82 Å². The van der Waals surface area contributed by atoms with E-state index in [2.05, 4.69) is 11.9 Å². The number of rotatable bonds is 5. The molecule has 0 radical (unpaired) electrons. The molecule has 2 amide bonds. The third-order valence-electron chi connectivity index (χ3n) is 6.00. The number of imide groups is 1. The van der Waals surface area contributed by atoms with Gasteiger partial charge in [-0.05, 0) is 47.2 Å². The van der Waals surface area contributed by atoms with E-state index in [9.17, 15) is 14.0 Å². The second-order valence-corrected chi connectivity index (χ2v) is 7.90. The zero-order valence-corrected chi connectivity index (χ0v) is 16.9. The average Bonchev–Trinajstić information content (AvgIpc) is 3.03. The Morgan fingerprint density at radius 1 is 1.23 bits per heavy atom. The van der Waals surface area contributed by atoms with Gasteiger partial charge in [-0.15, -0.1) is 0 Å². The summed E-state index contributed by atoms with van der Waals surface area (Å²) < 4.78 is 28.7. The molecule has 2 aliphatic heterocycles. The molecular weight excluding hydrogens is 386 g/mol. The van der Waals surface area contributed by atoms with Crippen LogP contribution in [-0.4, -0.2) is 22.8 Å². The minimum Gasteiger partial charge on any atom is -0.355 e. The van der Waals surface area contributed by atoms with Crippen molar-refractivity contribution in [1.29, 1.82) is 0 Å². The van der Waals surface area contributed by atoms with Crippen LogP contribution in [0.1, 0.15) is 53.8 Å². The number of nitrogens with one attached hydrogen (secondary N) is 1. The first-order chi connectivity index (χ1) is 14.4. The Balaban J connectivity index is 1.53. The maximum atomic E-state index is 15.1. The second kappa shape index (κ2) is 8.01. The minimum absolute atomic E-state index is 0.147. The molecule has 4 nitrogen and oxygen atoms in total. The van der Waals surface area contributed by atoms with Gasteiger partial charge in [-0.2, -0.15) is 0 Å². The van der Waals surface area contributed by atoms with Crippen LogP contribution in [0.3, 0.4) is 0 Å². The average molecular weight is 410 g/mol. The number of piperidine rings is 1. The fourth-order valence-corrected chi connectivity index (χ4v) is 4.39. The molecule has 0 aromatic heterocycles. The van der Waals surface area contributed by atoms with E-state index in [4.69, 9.17) is 0 Å². The zero-order valence-electron chi connectivity index (χ0n) is 16.9. The van der Waals surface area contributed by atoms with Gasteiger partial charge in [0.1, 0.15) is 18.0 Å². The van der Waals surface area contributed by atoms with Crippen LogP contribution < -0.4 is 5.32 Å². The molecule has 4 rings (SSSR count). The molecular formula is C24H24F2N2O2. The Hall–Kier alpha value is -3.02. The fraction of sp³-hybridized carbons (Fsp3) is 0.333. The number of benzene rings is 2. The monoisotopic (exact) mass is 410 g/mol. The van der Waals surface area contributed by atoms with Gasteiger partial charge in [0.05, 0.1) is 0 Å². The van der Waals surface area contributed by atoms with Crippen LogP contribution in [0.4, 0.5) is 8.78 Å². The summed E-state index contributed by atoms with van der Waals surface area (Å²) >= 11 is 0.